The Morgan fingerprint density at radius 2 is 2.11 bits per heavy atom. The van der Waals surface area contributed by atoms with Gasteiger partial charge in [0, 0.05) is 18.7 Å². The van der Waals surface area contributed by atoms with Crippen molar-refractivity contribution in [2.45, 2.75) is 0 Å². The Balaban J connectivity index is 1.85. The first kappa shape index (κ1) is 19.8. The van der Waals surface area contributed by atoms with E-state index < -0.39 is 0 Å². The topological polar surface area (TPSA) is 120 Å². The van der Waals surface area contributed by atoms with E-state index in [1.807, 2.05) is 12.1 Å². The number of carbonyl (C=O) groups is 1. The minimum atomic E-state index is -0.365. The number of benzene rings is 1. The van der Waals surface area contributed by atoms with Gasteiger partial charge in [0.2, 0.25) is 0 Å². The molecule has 1 aliphatic rings. The number of hydrogen-bond acceptors (Lipinski definition) is 8. The van der Waals surface area contributed by atoms with Crippen LogP contribution in [-0.2, 0) is 14.3 Å². The van der Waals surface area contributed by atoms with Crippen molar-refractivity contribution in [3.63, 3.8) is 0 Å². The van der Waals surface area contributed by atoms with Crippen LogP contribution in [0.4, 0.5) is 0 Å². The minimum Gasteiger partial charge on any atom is -0.489 e. The highest BCUT2D eigenvalue weighted by molar-refractivity contribution is 8.18. The second kappa shape index (κ2) is 9.32. The summed E-state index contributed by atoms with van der Waals surface area (Å²) in [6, 6.07) is 7.55. The van der Waals surface area contributed by atoms with Crippen molar-refractivity contribution in [3.05, 3.63) is 40.4 Å². The van der Waals surface area contributed by atoms with Crippen molar-refractivity contribution in [2.24, 2.45) is 10.7 Å². The highest BCUT2D eigenvalue weighted by Crippen LogP contribution is 2.31. The van der Waals surface area contributed by atoms with Crippen molar-refractivity contribution in [3.8, 4) is 11.8 Å². The molecular weight excluding hydrogens is 380 g/mol. The molecule has 28 heavy (non-hydrogen) atoms. The summed E-state index contributed by atoms with van der Waals surface area (Å²) in [7, 11) is 1.60. The molecule has 9 heteroatoms. The molecule has 3 rings (SSSR count). The van der Waals surface area contributed by atoms with Gasteiger partial charge in [0.05, 0.1) is 30.2 Å². The van der Waals surface area contributed by atoms with Crippen LogP contribution in [0.25, 0.3) is 17.0 Å². The number of methoxy groups -OCH3 is 1. The number of nitrogens with zero attached hydrogens (tertiary/aromatic N) is 3. The Bertz CT molecular complexity index is 997. The number of aromatic nitrogens is 1. The van der Waals surface area contributed by atoms with Gasteiger partial charge >= 0.3 is 0 Å². The second-order valence-electron chi connectivity index (χ2n) is 5.71. The lowest BCUT2D eigenvalue weighted by atomic mass is 10.1. The summed E-state index contributed by atoms with van der Waals surface area (Å²) in [5, 5.41) is 10.3. The zero-order valence-corrected chi connectivity index (χ0v) is 16.0. The number of amides is 1. The van der Waals surface area contributed by atoms with Crippen molar-refractivity contribution >= 4 is 39.8 Å². The van der Waals surface area contributed by atoms with Gasteiger partial charge in [0.25, 0.3) is 5.91 Å². The molecule has 144 valence electrons. The Hall–Kier alpha value is -2.93. The van der Waals surface area contributed by atoms with Gasteiger partial charge in [-0.2, -0.15) is 10.3 Å². The summed E-state index contributed by atoms with van der Waals surface area (Å²) < 4.78 is 16.1. The molecule has 2 heterocycles. The zero-order valence-electron chi connectivity index (χ0n) is 15.2. The van der Waals surface area contributed by atoms with E-state index in [1.54, 1.807) is 19.3 Å². The number of carbonyl (C=O) groups excluding carboxylic acids is 1. The van der Waals surface area contributed by atoms with Gasteiger partial charge in [0.15, 0.2) is 5.17 Å². The lowest BCUT2D eigenvalue weighted by molar-refractivity contribution is -0.113. The third kappa shape index (κ3) is 4.67. The van der Waals surface area contributed by atoms with E-state index >= 15 is 0 Å². The predicted molar refractivity (Wildman–Crippen MR) is 107 cm³/mol. The number of fused-ring (bicyclic) bond motifs is 1. The monoisotopic (exact) mass is 398 g/mol. The standard InChI is InChI=1S/C19H18N4O4S/c1-25-4-5-26-6-7-27-17-13(10-20)11-22-15-3-2-12(8-14(15)17)9-16-18(24)23-19(21)28-16/h2-3,8-9,11H,4-7H2,1H3,(H2,21,23,24). The van der Waals surface area contributed by atoms with Gasteiger partial charge < -0.3 is 19.9 Å². The molecule has 0 radical (unpaired) electrons. The Morgan fingerprint density at radius 3 is 2.82 bits per heavy atom. The van der Waals surface area contributed by atoms with Crippen LogP contribution in [0.15, 0.2) is 34.3 Å². The second-order valence-corrected chi connectivity index (χ2v) is 6.77. The van der Waals surface area contributed by atoms with Crippen LogP contribution in [0.1, 0.15) is 11.1 Å². The zero-order chi connectivity index (χ0) is 19.9. The van der Waals surface area contributed by atoms with Crippen molar-refractivity contribution in [2.75, 3.05) is 33.5 Å². The van der Waals surface area contributed by atoms with E-state index in [0.29, 0.717) is 46.9 Å². The average molecular weight is 398 g/mol. The summed E-state index contributed by atoms with van der Waals surface area (Å²) in [6.45, 7) is 1.62. The summed E-state index contributed by atoms with van der Waals surface area (Å²) in [5.41, 5.74) is 7.35. The summed E-state index contributed by atoms with van der Waals surface area (Å²) >= 11 is 1.12. The molecule has 1 aromatic carbocycles. The fourth-order valence-corrected chi connectivity index (χ4v) is 3.22. The molecule has 0 fully saturated rings. The predicted octanol–water partition coefficient (Wildman–Crippen LogP) is 2.08. The summed E-state index contributed by atoms with van der Waals surface area (Å²) in [6.07, 6.45) is 3.18. The summed E-state index contributed by atoms with van der Waals surface area (Å²) in [4.78, 5) is 20.2. The summed E-state index contributed by atoms with van der Waals surface area (Å²) in [5.74, 6) is 0.0698. The number of nitriles is 1. The molecule has 1 aliphatic heterocycles. The number of amidine groups is 1. The van der Waals surface area contributed by atoms with Crippen LogP contribution in [0.3, 0.4) is 0 Å². The van der Waals surface area contributed by atoms with Crippen molar-refractivity contribution in [1.29, 1.82) is 5.26 Å². The smallest absolute Gasteiger partial charge is 0.286 e. The molecule has 2 N–H and O–H groups in total. The highest BCUT2D eigenvalue weighted by Gasteiger charge is 2.19. The third-order valence-corrected chi connectivity index (χ3v) is 4.62. The lowest BCUT2D eigenvalue weighted by Gasteiger charge is -2.11. The van der Waals surface area contributed by atoms with E-state index in [0.717, 1.165) is 17.3 Å². The van der Waals surface area contributed by atoms with E-state index in [-0.39, 0.29) is 17.7 Å². The van der Waals surface area contributed by atoms with Crippen LogP contribution in [0, 0.1) is 11.3 Å². The SMILES string of the molecule is COCCOCCOc1c(C#N)cnc2ccc(C=C3SC(N)=NC3=O)cc12. The molecule has 8 nitrogen and oxygen atoms in total. The van der Waals surface area contributed by atoms with Crippen LogP contribution in [0.2, 0.25) is 0 Å². The average Bonchev–Trinajstić information content (AvgIpc) is 3.01. The van der Waals surface area contributed by atoms with E-state index in [9.17, 15) is 10.1 Å². The molecule has 0 atom stereocenters. The molecule has 2 aromatic rings. The van der Waals surface area contributed by atoms with Crippen LogP contribution in [0.5, 0.6) is 5.75 Å². The number of rotatable bonds is 8. The Morgan fingerprint density at radius 1 is 1.29 bits per heavy atom. The van der Waals surface area contributed by atoms with E-state index in [1.165, 1.54) is 6.20 Å². The maximum absolute atomic E-state index is 11.8. The molecule has 1 aromatic heterocycles. The van der Waals surface area contributed by atoms with E-state index in [4.69, 9.17) is 19.9 Å². The largest absolute Gasteiger partial charge is 0.489 e. The van der Waals surface area contributed by atoms with Gasteiger partial charge in [-0.3, -0.25) is 9.78 Å². The number of ether oxygens (including phenoxy) is 3. The molecular formula is C19H18N4O4S. The van der Waals surface area contributed by atoms with Crippen LogP contribution < -0.4 is 10.5 Å². The normalized spacial score (nSPS) is 15.1. The third-order valence-electron chi connectivity index (χ3n) is 3.80. The number of nitrogens with two attached hydrogens (primary N) is 1. The number of thioether (sulfide) groups is 1. The Kier molecular flexibility index (Phi) is 6.60. The van der Waals surface area contributed by atoms with Gasteiger partial charge in [-0.1, -0.05) is 6.07 Å². The van der Waals surface area contributed by atoms with Crippen molar-refractivity contribution < 1.29 is 19.0 Å². The molecule has 1 amide bonds. The molecule has 0 aliphatic carbocycles. The fraction of sp³-hybridized carbons (Fsp3) is 0.263. The molecule has 0 bridgehead atoms. The number of aliphatic imine (C=N–C) groups is 1. The first-order valence-electron chi connectivity index (χ1n) is 8.42. The number of pyridine rings is 1. The quantitative estimate of drug-likeness (QED) is 0.530. The minimum absolute atomic E-state index is 0.225. The molecule has 0 saturated heterocycles. The van der Waals surface area contributed by atoms with Crippen LogP contribution >= 0.6 is 11.8 Å². The lowest BCUT2D eigenvalue weighted by Crippen LogP contribution is -2.10. The van der Waals surface area contributed by atoms with Gasteiger partial charge in [-0.25, -0.2) is 0 Å². The van der Waals surface area contributed by atoms with Gasteiger partial charge in [0.1, 0.15) is 24.0 Å². The van der Waals surface area contributed by atoms with Gasteiger partial charge in [-0.05, 0) is 35.5 Å². The molecule has 0 spiro atoms. The molecule has 0 saturated carbocycles. The van der Waals surface area contributed by atoms with Crippen molar-refractivity contribution in [1.82, 2.24) is 4.98 Å². The van der Waals surface area contributed by atoms with E-state index in [2.05, 4.69) is 16.0 Å². The Labute approximate surface area is 166 Å². The van der Waals surface area contributed by atoms with Gasteiger partial charge in [-0.15, -0.1) is 0 Å². The maximum atomic E-state index is 11.8. The first-order valence-corrected chi connectivity index (χ1v) is 9.24. The highest BCUT2D eigenvalue weighted by atomic mass is 32.2. The maximum Gasteiger partial charge on any atom is 0.286 e. The number of hydrogen-bond donors (Lipinski definition) is 1. The fourth-order valence-electron chi connectivity index (χ4n) is 2.53. The first-order chi connectivity index (χ1) is 13.6. The molecule has 0 unspecified atom stereocenters. The van der Waals surface area contributed by atoms with Crippen LogP contribution in [-0.4, -0.2) is 49.6 Å².